The van der Waals surface area contributed by atoms with E-state index < -0.39 is 5.97 Å². The summed E-state index contributed by atoms with van der Waals surface area (Å²) < 4.78 is 4.49. The monoisotopic (exact) mass is 182 g/mol. The van der Waals surface area contributed by atoms with Gasteiger partial charge in [0.25, 0.3) is 0 Å². The summed E-state index contributed by atoms with van der Waals surface area (Å²) in [5.41, 5.74) is 0. The molecule has 0 spiro atoms. The summed E-state index contributed by atoms with van der Waals surface area (Å²) in [6.07, 6.45) is -0.103. The molecule has 0 aliphatic heterocycles. The second-order valence-electron chi connectivity index (χ2n) is 1.68. The number of hydrogen-bond acceptors (Lipinski definition) is 3. The van der Waals surface area contributed by atoms with Crippen molar-refractivity contribution in [3.05, 3.63) is 0 Å². The number of esters is 1. The average Bonchev–Trinajstić information content (AvgIpc) is 1.63. The molecule has 0 saturated carbocycles. The van der Waals surface area contributed by atoms with Gasteiger partial charge in [0.2, 0.25) is 0 Å². The van der Waals surface area contributed by atoms with Crippen LogP contribution in [0.5, 0.6) is 0 Å². The third kappa shape index (κ3) is 7.67. The molecule has 0 amide bonds. The Kier molecular flexibility index (Phi) is 8.39. The van der Waals surface area contributed by atoms with Crippen molar-refractivity contribution in [3.63, 3.8) is 0 Å². The molecule has 0 unspecified atom stereocenters. The van der Waals surface area contributed by atoms with Gasteiger partial charge in [-0.3, -0.25) is 9.59 Å². The Morgan fingerprint density at radius 2 is 1.90 bits per heavy atom. The summed E-state index contributed by atoms with van der Waals surface area (Å²) >= 11 is 0. The van der Waals surface area contributed by atoms with Crippen molar-refractivity contribution in [1.29, 1.82) is 0 Å². The molecule has 0 rings (SSSR count). The molecule has 3 nitrogen and oxygen atoms in total. The molecule has 0 saturated heterocycles. The zero-order valence-corrected chi connectivity index (χ0v) is 7.32. The first kappa shape index (κ1) is 12.4. The number of carbonyl (C=O) groups is 2. The summed E-state index contributed by atoms with van der Waals surface area (Å²) in [6, 6.07) is 0. The van der Waals surface area contributed by atoms with Gasteiger partial charge in [-0.05, 0) is 13.8 Å². The standard InChI is InChI=1S/C6H10O3.Cr/c1-3-9-6(8)4-5(2)7;/h3-4H2,1-2H3;/q;+2. The summed E-state index contributed by atoms with van der Waals surface area (Å²) in [5, 5.41) is 0. The van der Waals surface area contributed by atoms with Gasteiger partial charge in [0.1, 0.15) is 12.2 Å². The SMILES string of the molecule is CCOC(=O)CC(C)=O.[Cr+2]. The van der Waals surface area contributed by atoms with Gasteiger partial charge >= 0.3 is 23.3 Å². The van der Waals surface area contributed by atoms with Crippen LogP contribution < -0.4 is 0 Å². The van der Waals surface area contributed by atoms with Crippen LogP contribution in [0.1, 0.15) is 20.3 Å². The molecule has 0 bridgehead atoms. The summed E-state index contributed by atoms with van der Waals surface area (Å²) in [7, 11) is 0. The quantitative estimate of drug-likeness (QED) is 0.472. The van der Waals surface area contributed by atoms with E-state index in [0.717, 1.165) is 0 Å². The van der Waals surface area contributed by atoms with Crippen LogP contribution in [-0.4, -0.2) is 18.4 Å². The number of hydrogen-bond donors (Lipinski definition) is 0. The molecule has 0 aromatic rings. The first-order chi connectivity index (χ1) is 4.16. The van der Waals surface area contributed by atoms with E-state index in [2.05, 4.69) is 4.74 Å². The average molecular weight is 182 g/mol. The number of carbonyl (C=O) groups excluding carboxylic acids is 2. The second-order valence-corrected chi connectivity index (χ2v) is 1.68. The van der Waals surface area contributed by atoms with Gasteiger partial charge < -0.3 is 4.74 Å². The second kappa shape index (κ2) is 6.79. The van der Waals surface area contributed by atoms with E-state index in [4.69, 9.17) is 0 Å². The number of ketones is 1. The van der Waals surface area contributed by atoms with E-state index in [-0.39, 0.29) is 29.6 Å². The Bertz CT molecular complexity index is 122. The zero-order chi connectivity index (χ0) is 7.28. The van der Waals surface area contributed by atoms with E-state index in [9.17, 15) is 9.59 Å². The molecule has 0 radical (unpaired) electrons. The molecule has 56 valence electrons. The van der Waals surface area contributed by atoms with Crippen molar-refractivity contribution < 1.29 is 31.7 Å². The van der Waals surface area contributed by atoms with Crippen LogP contribution in [0, 0.1) is 0 Å². The van der Waals surface area contributed by atoms with Crippen molar-refractivity contribution in [2.45, 2.75) is 20.3 Å². The molecule has 0 atom stereocenters. The fourth-order valence-corrected chi connectivity index (χ4v) is 0.415. The van der Waals surface area contributed by atoms with Crippen LogP contribution >= 0.6 is 0 Å². The first-order valence-electron chi connectivity index (χ1n) is 2.82. The van der Waals surface area contributed by atoms with Gasteiger partial charge in [-0.15, -0.1) is 0 Å². The van der Waals surface area contributed by atoms with Crippen LogP contribution in [0.15, 0.2) is 0 Å². The third-order valence-corrected chi connectivity index (χ3v) is 0.699. The molecule has 10 heavy (non-hydrogen) atoms. The van der Waals surface area contributed by atoms with E-state index >= 15 is 0 Å². The van der Waals surface area contributed by atoms with Gasteiger partial charge in [0.15, 0.2) is 0 Å². The molecule has 0 fully saturated rings. The largest absolute Gasteiger partial charge is 2.00 e. The molecule has 0 aliphatic rings. The van der Waals surface area contributed by atoms with Gasteiger partial charge in [-0.2, -0.15) is 0 Å². The normalized spacial score (nSPS) is 7.80. The fourth-order valence-electron chi connectivity index (χ4n) is 0.415. The van der Waals surface area contributed by atoms with E-state index in [1.807, 2.05) is 0 Å². The summed E-state index contributed by atoms with van der Waals surface area (Å²) in [5.74, 6) is -0.599. The van der Waals surface area contributed by atoms with Crippen LogP contribution in [-0.2, 0) is 31.7 Å². The topological polar surface area (TPSA) is 43.4 Å². The van der Waals surface area contributed by atoms with Crippen molar-refractivity contribution in [2.24, 2.45) is 0 Å². The Morgan fingerprint density at radius 3 is 2.20 bits per heavy atom. The predicted octanol–water partition coefficient (Wildman–Crippen LogP) is 0.526. The Hall–Kier alpha value is -0.328. The Labute approximate surface area is 70.9 Å². The maximum atomic E-state index is 10.4. The molecular weight excluding hydrogens is 172 g/mol. The molecule has 0 aromatic carbocycles. The smallest absolute Gasteiger partial charge is 0.466 e. The van der Waals surface area contributed by atoms with Gasteiger partial charge in [-0.1, -0.05) is 0 Å². The third-order valence-electron chi connectivity index (χ3n) is 0.699. The van der Waals surface area contributed by atoms with E-state index in [1.165, 1.54) is 6.92 Å². The zero-order valence-electron chi connectivity index (χ0n) is 6.05. The molecule has 0 aliphatic carbocycles. The van der Waals surface area contributed by atoms with Crippen LogP contribution in [0.2, 0.25) is 0 Å². The van der Waals surface area contributed by atoms with Crippen molar-refractivity contribution in [3.8, 4) is 0 Å². The number of ether oxygens (including phenoxy) is 1. The van der Waals surface area contributed by atoms with E-state index in [1.54, 1.807) is 6.92 Å². The number of rotatable bonds is 3. The molecule has 4 heteroatoms. The minimum absolute atomic E-state index is 0. The van der Waals surface area contributed by atoms with Crippen LogP contribution in [0.4, 0.5) is 0 Å². The Morgan fingerprint density at radius 1 is 1.40 bits per heavy atom. The van der Waals surface area contributed by atoms with Gasteiger partial charge in [-0.25, -0.2) is 0 Å². The maximum Gasteiger partial charge on any atom is 2.00 e. The maximum absolute atomic E-state index is 10.4. The summed E-state index contributed by atoms with van der Waals surface area (Å²) in [6.45, 7) is 3.40. The Balaban J connectivity index is 0. The van der Waals surface area contributed by atoms with Crippen molar-refractivity contribution in [2.75, 3.05) is 6.61 Å². The van der Waals surface area contributed by atoms with Crippen molar-refractivity contribution >= 4 is 11.8 Å². The predicted molar refractivity (Wildman–Crippen MR) is 31.9 cm³/mol. The van der Waals surface area contributed by atoms with E-state index in [0.29, 0.717) is 6.61 Å². The van der Waals surface area contributed by atoms with Gasteiger partial charge in [0, 0.05) is 0 Å². The molecule has 0 heterocycles. The summed E-state index contributed by atoms with van der Waals surface area (Å²) in [4.78, 5) is 20.6. The molecule has 0 aromatic heterocycles. The first-order valence-corrected chi connectivity index (χ1v) is 2.82. The van der Waals surface area contributed by atoms with Crippen LogP contribution in [0.3, 0.4) is 0 Å². The molecular formula is C6H10CrO3+2. The minimum Gasteiger partial charge on any atom is -0.466 e. The van der Waals surface area contributed by atoms with Crippen molar-refractivity contribution in [1.82, 2.24) is 0 Å². The van der Waals surface area contributed by atoms with Gasteiger partial charge in [0.05, 0.1) is 6.61 Å². The minimum atomic E-state index is -0.440. The number of Topliss-reactive ketones (excluding diaryl/α,β-unsaturated/α-hetero) is 1. The van der Waals surface area contributed by atoms with Crippen LogP contribution in [0.25, 0.3) is 0 Å². The fraction of sp³-hybridized carbons (Fsp3) is 0.667. The molecule has 0 N–H and O–H groups in total.